The van der Waals surface area contributed by atoms with E-state index in [0.29, 0.717) is 11.4 Å². The van der Waals surface area contributed by atoms with Crippen molar-refractivity contribution in [3.05, 3.63) is 112 Å². The van der Waals surface area contributed by atoms with Crippen LogP contribution in [-0.4, -0.2) is 39.0 Å². The van der Waals surface area contributed by atoms with Crippen molar-refractivity contribution in [1.82, 2.24) is 0 Å². The summed E-state index contributed by atoms with van der Waals surface area (Å²) in [6, 6.07) is 23.0. The molecule has 1 heterocycles. The third-order valence-electron chi connectivity index (χ3n) is 6.80. The van der Waals surface area contributed by atoms with E-state index in [0.717, 1.165) is 28.3 Å². The molecule has 0 aliphatic carbocycles. The molecular weight excluding hydrogens is 661 g/mol. The van der Waals surface area contributed by atoms with Gasteiger partial charge in [-0.15, -0.1) is 0 Å². The van der Waals surface area contributed by atoms with Crippen LogP contribution in [0.5, 0.6) is 0 Å². The van der Waals surface area contributed by atoms with Crippen molar-refractivity contribution in [3.8, 4) is 0 Å². The SMILES string of the molecule is CC1=NN(c2c(Cl)cc(S(=O)(=O)O)cc2Cl)C(=O)C1N=Nc1ccc(N(Cc2ccccc2)S(=O)(=O)c2ccc(C)cc2)cc1. The summed E-state index contributed by atoms with van der Waals surface area (Å²) in [6.07, 6.45) is 0. The second-order valence-corrected chi connectivity index (χ2v) is 14.1. The second kappa shape index (κ2) is 12.7. The average molecular weight is 687 g/mol. The minimum atomic E-state index is -4.59. The molecule has 0 aromatic heterocycles. The number of hydrogen-bond donors (Lipinski definition) is 1. The number of aryl methyl sites for hydroxylation is 1. The van der Waals surface area contributed by atoms with Gasteiger partial charge >= 0.3 is 0 Å². The lowest BCUT2D eigenvalue weighted by Gasteiger charge is -2.25. The molecule has 0 radical (unpaired) electrons. The smallest absolute Gasteiger partial charge is 0.282 e. The summed E-state index contributed by atoms with van der Waals surface area (Å²) in [5.41, 5.74) is 2.66. The van der Waals surface area contributed by atoms with Crippen molar-refractivity contribution in [1.29, 1.82) is 0 Å². The molecule has 4 aromatic rings. The number of carbonyl (C=O) groups is 1. The molecule has 1 amide bonds. The lowest BCUT2D eigenvalue weighted by atomic mass is 10.2. The Kier molecular flexibility index (Phi) is 9.10. The summed E-state index contributed by atoms with van der Waals surface area (Å²) in [4.78, 5) is 12.8. The molecule has 0 spiro atoms. The maximum Gasteiger partial charge on any atom is 0.294 e. The lowest BCUT2D eigenvalue weighted by Crippen LogP contribution is -2.30. The first-order valence-electron chi connectivity index (χ1n) is 13.3. The molecule has 5 rings (SSSR count). The Bertz CT molecular complexity index is 2020. The largest absolute Gasteiger partial charge is 0.294 e. The van der Waals surface area contributed by atoms with Gasteiger partial charge in [0.25, 0.3) is 26.0 Å². The molecule has 4 aromatic carbocycles. The molecule has 0 saturated carbocycles. The van der Waals surface area contributed by atoms with Gasteiger partial charge in [0.15, 0.2) is 6.04 Å². The fourth-order valence-corrected chi connectivity index (χ4v) is 7.22. The van der Waals surface area contributed by atoms with Crippen molar-refractivity contribution in [2.45, 2.75) is 36.2 Å². The minimum absolute atomic E-state index is 0.0783. The summed E-state index contributed by atoms with van der Waals surface area (Å²) in [5, 5.41) is 12.9. The first-order valence-corrected chi connectivity index (χ1v) is 16.9. The number of benzene rings is 4. The van der Waals surface area contributed by atoms with Gasteiger partial charge in [0, 0.05) is 0 Å². The van der Waals surface area contributed by atoms with Crippen LogP contribution in [0.2, 0.25) is 10.0 Å². The number of carbonyl (C=O) groups excluding carboxylic acids is 1. The zero-order valence-electron chi connectivity index (χ0n) is 23.7. The highest BCUT2D eigenvalue weighted by Gasteiger charge is 2.37. The molecule has 232 valence electrons. The Morgan fingerprint density at radius 3 is 2.04 bits per heavy atom. The second-order valence-electron chi connectivity index (χ2n) is 10.0. The van der Waals surface area contributed by atoms with Crippen LogP contribution in [0.3, 0.4) is 0 Å². The predicted molar refractivity (Wildman–Crippen MR) is 173 cm³/mol. The topological polar surface area (TPSA) is 149 Å². The van der Waals surface area contributed by atoms with E-state index in [2.05, 4.69) is 15.3 Å². The molecule has 1 aliphatic heterocycles. The molecule has 1 atom stereocenters. The number of anilines is 2. The van der Waals surface area contributed by atoms with Crippen molar-refractivity contribution in [3.63, 3.8) is 0 Å². The fourth-order valence-electron chi connectivity index (χ4n) is 4.45. The van der Waals surface area contributed by atoms with E-state index in [1.165, 1.54) is 4.31 Å². The van der Waals surface area contributed by atoms with Crippen LogP contribution >= 0.6 is 23.2 Å². The Balaban J connectivity index is 1.39. The van der Waals surface area contributed by atoms with Crippen LogP contribution in [0.1, 0.15) is 18.1 Å². The summed E-state index contributed by atoms with van der Waals surface area (Å²) in [6.45, 7) is 3.52. The molecule has 1 N–H and O–H groups in total. The van der Waals surface area contributed by atoms with E-state index < -0.39 is 37.0 Å². The van der Waals surface area contributed by atoms with E-state index in [1.807, 2.05) is 37.3 Å². The first-order chi connectivity index (χ1) is 21.3. The lowest BCUT2D eigenvalue weighted by molar-refractivity contribution is -0.117. The highest BCUT2D eigenvalue weighted by atomic mass is 35.5. The standard InChI is InChI=1S/C30H25Cl2N5O6S2/c1-19-8-14-24(15-9-19)44(39,40)36(18-21-6-4-3-5-7-21)23-12-10-22(11-13-23)33-34-28-20(2)35-37(30(28)38)29-26(31)16-25(17-27(29)32)45(41,42)43/h3-17,28H,18H2,1-2H3,(H,41,42,43). The number of amides is 1. The Morgan fingerprint density at radius 2 is 1.47 bits per heavy atom. The normalized spacial score (nSPS) is 15.5. The third-order valence-corrected chi connectivity index (χ3v) is 10.00. The summed E-state index contributed by atoms with van der Waals surface area (Å²) >= 11 is 12.4. The molecule has 0 bridgehead atoms. The number of hydrazone groups is 1. The van der Waals surface area contributed by atoms with E-state index in [-0.39, 0.29) is 32.9 Å². The maximum absolute atomic E-state index is 13.7. The predicted octanol–water partition coefficient (Wildman–Crippen LogP) is 6.82. The van der Waals surface area contributed by atoms with E-state index in [4.69, 9.17) is 23.2 Å². The van der Waals surface area contributed by atoms with Crippen LogP contribution < -0.4 is 9.31 Å². The van der Waals surface area contributed by atoms with Crippen LogP contribution in [0.15, 0.2) is 116 Å². The highest BCUT2D eigenvalue weighted by Crippen LogP contribution is 2.39. The monoisotopic (exact) mass is 685 g/mol. The van der Waals surface area contributed by atoms with Crippen molar-refractivity contribution >= 4 is 72.0 Å². The Hall–Kier alpha value is -4.14. The summed E-state index contributed by atoms with van der Waals surface area (Å²) in [7, 11) is -8.52. The zero-order chi connectivity index (χ0) is 32.5. The Labute approximate surface area is 270 Å². The van der Waals surface area contributed by atoms with Gasteiger partial charge in [-0.2, -0.15) is 28.8 Å². The highest BCUT2D eigenvalue weighted by molar-refractivity contribution is 7.92. The fraction of sp³-hybridized carbons (Fsp3) is 0.133. The van der Waals surface area contributed by atoms with Crippen molar-refractivity contribution in [2.24, 2.45) is 15.3 Å². The Morgan fingerprint density at radius 1 is 0.867 bits per heavy atom. The third kappa shape index (κ3) is 6.92. The number of hydrogen-bond acceptors (Lipinski definition) is 8. The molecule has 45 heavy (non-hydrogen) atoms. The molecular formula is C30H25Cl2N5O6S2. The van der Waals surface area contributed by atoms with Crippen LogP contribution in [0.4, 0.5) is 17.1 Å². The van der Waals surface area contributed by atoms with Crippen LogP contribution in [0, 0.1) is 6.92 Å². The van der Waals surface area contributed by atoms with Gasteiger partial charge < -0.3 is 0 Å². The average Bonchev–Trinajstić information content (AvgIpc) is 3.27. The maximum atomic E-state index is 13.7. The summed E-state index contributed by atoms with van der Waals surface area (Å²) in [5.74, 6) is -0.644. The van der Waals surface area contributed by atoms with Crippen LogP contribution in [-0.2, 0) is 31.5 Å². The zero-order valence-corrected chi connectivity index (χ0v) is 26.9. The van der Waals surface area contributed by atoms with E-state index in [9.17, 15) is 26.2 Å². The van der Waals surface area contributed by atoms with Crippen molar-refractivity contribution in [2.75, 3.05) is 9.31 Å². The molecule has 0 saturated heterocycles. The first kappa shape index (κ1) is 32.3. The number of nitrogens with zero attached hydrogens (tertiary/aromatic N) is 5. The number of sulfonamides is 1. The van der Waals surface area contributed by atoms with Crippen LogP contribution in [0.25, 0.3) is 0 Å². The minimum Gasteiger partial charge on any atom is -0.282 e. The van der Waals surface area contributed by atoms with Gasteiger partial charge in [0.05, 0.1) is 43.5 Å². The van der Waals surface area contributed by atoms with Gasteiger partial charge in [0.2, 0.25) is 0 Å². The van der Waals surface area contributed by atoms with Gasteiger partial charge in [0.1, 0.15) is 5.69 Å². The summed E-state index contributed by atoms with van der Waals surface area (Å²) < 4.78 is 61.1. The van der Waals surface area contributed by atoms with Gasteiger partial charge in [-0.05, 0) is 67.9 Å². The van der Waals surface area contributed by atoms with E-state index in [1.54, 1.807) is 55.5 Å². The van der Waals surface area contributed by atoms with Gasteiger partial charge in [-0.1, -0.05) is 71.2 Å². The molecule has 15 heteroatoms. The molecule has 0 fully saturated rings. The van der Waals surface area contributed by atoms with Crippen molar-refractivity contribution < 1.29 is 26.2 Å². The molecule has 1 unspecified atom stereocenters. The van der Waals surface area contributed by atoms with Gasteiger partial charge in [-0.25, -0.2) is 8.42 Å². The number of azo groups is 1. The quantitative estimate of drug-likeness (QED) is 0.151. The number of rotatable bonds is 9. The number of halogens is 2. The molecule has 1 aliphatic rings. The van der Waals surface area contributed by atoms with E-state index >= 15 is 0 Å². The molecule has 11 nitrogen and oxygen atoms in total. The van der Waals surface area contributed by atoms with Gasteiger partial charge in [-0.3, -0.25) is 13.7 Å².